The highest BCUT2D eigenvalue weighted by Gasteiger charge is 2.03. The van der Waals surface area contributed by atoms with Crippen molar-refractivity contribution in [3.63, 3.8) is 0 Å². The number of hydrogen-bond acceptors (Lipinski definition) is 1. The van der Waals surface area contributed by atoms with Gasteiger partial charge in [-0.15, -0.1) is 0 Å². The minimum atomic E-state index is 0.797. The van der Waals surface area contributed by atoms with Gasteiger partial charge in [0.15, 0.2) is 0 Å². The summed E-state index contributed by atoms with van der Waals surface area (Å²) in [6.45, 7) is 7.47. The van der Waals surface area contributed by atoms with Gasteiger partial charge in [0.05, 0.1) is 0 Å². The molecule has 0 aromatic carbocycles. The van der Waals surface area contributed by atoms with E-state index < -0.39 is 0 Å². The fourth-order valence-corrected chi connectivity index (χ4v) is 0.872. The van der Waals surface area contributed by atoms with Crippen molar-refractivity contribution in [2.24, 2.45) is 5.92 Å². The van der Waals surface area contributed by atoms with Gasteiger partial charge in [0.25, 0.3) is 0 Å². The lowest BCUT2D eigenvalue weighted by Gasteiger charge is -2.20. The molecule has 1 rings (SSSR count). The summed E-state index contributed by atoms with van der Waals surface area (Å²) >= 11 is 0. The van der Waals surface area contributed by atoms with Crippen LogP contribution >= 0.6 is 0 Å². The Morgan fingerprint density at radius 3 is 2.30 bits per heavy atom. The van der Waals surface area contributed by atoms with Gasteiger partial charge in [0.1, 0.15) is 0 Å². The van der Waals surface area contributed by atoms with Crippen LogP contribution in [0.2, 0.25) is 0 Å². The number of hydrogen-bond donors (Lipinski definition) is 0. The van der Waals surface area contributed by atoms with Crippen molar-refractivity contribution >= 4 is 0 Å². The van der Waals surface area contributed by atoms with Crippen LogP contribution in [0.25, 0.3) is 0 Å². The largest absolute Gasteiger partial charge is 0.381 e. The molecular weight excluding hydrogens is 122 g/mol. The summed E-state index contributed by atoms with van der Waals surface area (Å²) in [5, 5.41) is 0. The molecule has 1 heterocycles. The molecule has 0 saturated carbocycles. The van der Waals surface area contributed by atoms with Crippen LogP contribution in [0.3, 0.4) is 0 Å². The quantitative estimate of drug-likeness (QED) is 0.501. The Kier molecular flexibility index (Phi) is 5.09. The van der Waals surface area contributed by atoms with E-state index in [0.29, 0.717) is 0 Å². The lowest BCUT2D eigenvalue weighted by molar-refractivity contribution is 0.388. The van der Waals surface area contributed by atoms with Crippen molar-refractivity contribution in [3.8, 4) is 0 Å². The third-order valence-corrected chi connectivity index (χ3v) is 1.61. The molecule has 0 saturated heterocycles. The molecule has 10 heavy (non-hydrogen) atoms. The Labute approximate surface area is 64.7 Å². The van der Waals surface area contributed by atoms with Crippen molar-refractivity contribution in [2.45, 2.75) is 27.2 Å². The van der Waals surface area contributed by atoms with Crippen LogP contribution in [-0.2, 0) is 0 Å². The number of rotatable bonds is 0. The molecule has 0 radical (unpaired) electrons. The van der Waals surface area contributed by atoms with Gasteiger partial charge >= 0.3 is 0 Å². The van der Waals surface area contributed by atoms with E-state index in [4.69, 9.17) is 0 Å². The zero-order valence-electron chi connectivity index (χ0n) is 7.59. The first kappa shape index (κ1) is 9.54. The first-order chi connectivity index (χ1) is 4.79. The Balaban J connectivity index is 0.000000371. The van der Waals surface area contributed by atoms with Crippen LogP contribution in [0.1, 0.15) is 27.2 Å². The Bertz CT molecular complexity index is 84.9. The molecule has 1 atom stereocenters. The molecule has 60 valence electrons. The highest BCUT2D eigenvalue weighted by atomic mass is 15.1. The maximum absolute atomic E-state index is 2.25. The summed E-state index contributed by atoms with van der Waals surface area (Å²) in [5.41, 5.74) is 0. The van der Waals surface area contributed by atoms with Gasteiger partial charge < -0.3 is 4.90 Å². The topological polar surface area (TPSA) is 3.24 Å². The molecule has 1 heteroatoms. The number of nitrogens with zero attached hydrogens (tertiary/aromatic N) is 1. The van der Waals surface area contributed by atoms with Gasteiger partial charge in [-0.25, -0.2) is 0 Å². The van der Waals surface area contributed by atoms with E-state index in [1.165, 1.54) is 13.0 Å². The molecule has 0 aliphatic carbocycles. The van der Waals surface area contributed by atoms with Crippen LogP contribution in [0.15, 0.2) is 12.3 Å². The molecule has 1 aliphatic heterocycles. The minimum Gasteiger partial charge on any atom is -0.381 e. The third-order valence-electron chi connectivity index (χ3n) is 1.61. The SMILES string of the molecule is CC.CC1C=CN(C)CC1. The monoisotopic (exact) mass is 141 g/mol. The third kappa shape index (κ3) is 3.54. The fourth-order valence-electron chi connectivity index (χ4n) is 0.872. The summed E-state index contributed by atoms with van der Waals surface area (Å²) in [6, 6.07) is 0. The van der Waals surface area contributed by atoms with Crippen molar-refractivity contribution < 1.29 is 0 Å². The van der Waals surface area contributed by atoms with Crippen LogP contribution < -0.4 is 0 Å². The lowest BCUT2D eigenvalue weighted by atomic mass is 10.1. The highest BCUT2D eigenvalue weighted by Crippen LogP contribution is 2.09. The Morgan fingerprint density at radius 2 is 2.00 bits per heavy atom. The molecule has 0 aromatic rings. The molecular formula is C9H19N. The lowest BCUT2D eigenvalue weighted by Crippen LogP contribution is -2.18. The normalized spacial score (nSPS) is 23.6. The predicted octanol–water partition coefficient (Wildman–Crippen LogP) is 2.50. The van der Waals surface area contributed by atoms with E-state index in [0.717, 1.165) is 5.92 Å². The van der Waals surface area contributed by atoms with Gasteiger partial charge in [-0.1, -0.05) is 26.8 Å². The first-order valence-electron chi connectivity index (χ1n) is 4.17. The fraction of sp³-hybridized carbons (Fsp3) is 0.778. The second-order valence-electron chi connectivity index (χ2n) is 2.59. The van der Waals surface area contributed by atoms with Crippen LogP contribution in [0.5, 0.6) is 0 Å². The van der Waals surface area contributed by atoms with E-state index in [1.807, 2.05) is 13.8 Å². The number of allylic oxidation sites excluding steroid dienone is 1. The minimum absolute atomic E-state index is 0.797. The second-order valence-corrected chi connectivity index (χ2v) is 2.59. The van der Waals surface area contributed by atoms with E-state index in [9.17, 15) is 0 Å². The van der Waals surface area contributed by atoms with Gasteiger partial charge in [0, 0.05) is 13.6 Å². The molecule has 1 unspecified atom stereocenters. The van der Waals surface area contributed by atoms with Gasteiger partial charge in [-0.2, -0.15) is 0 Å². The van der Waals surface area contributed by atoms with Crippen LogP contribution in [0.4, 0.5) is 0 Å². The average Bonchev–Trinajstić information content (AvgIpc) is 2.00. The molecule has 0 fully saturated rings. The van der Waals surface area contributed by atoms with Gasteiger partial charge in [0.2, 0.25) is 0 Å². The Morgan fingerprint density at radius 1 is 1.40 bits per heavy atom. The van der Waals surface area contributed by atoms with Crippen LogP contribution in [0, 0.1) is 5.92 Å². The maximum atomic E-state index is 2.25. The van der Waals surface area contributed by atoms with Gasteiger partial charge in [-0.3, -0.25) is 0 Å². The van der Waals surface area contributed by atoms with Crippen molar-refractivity contribution in [1.29, 1.82) is 0 Å². The zero-order valence-corrected chi connectivity index (χ0v) is 7.59. The average molecular weight is 141 g/mol. The van der Waals surface area contributed by atoms with Crippen molar-refractivity contribution in [1.82, 2.24) is 4.90 Å². The molecule has 0 spiro atoms. The first-order valence-corrected chi connectivity index (χ1v) is 4.17. The molecule has 0 amide bonds. The maximum Gasteiger partial charge on any atom is 0.0174 e. The summed E-state index contributed by atoms with van der Waals surface area (Å²) in [7, 11) is 2.11. The smallest absolute Gasteiger partial charge is 0.0174 e. The second kappa shape index (κ2) is 5.33. The summed E-state index contributed by atoms with van der Waals surface area (Å²) in [4.78, 5) is 2.22. The van der Waals surface area contributed by atoms with E-state index in [-0.39, 0.29) is 0 Å². The standard InChI is InChI=1S/C7H13N.C2H6/c1-7-3-5-8(2)6-4-7;1-2/h3,5,7H,4,6H2,1-2H3;1-2H3. The van der Waals surface area contributed by atoms with Crippen LogP contribution in [-0.4, -0.2) is 18.5 Å². The van der Waals surface area contributed by atoms with E-state index in [1.54, 1.807) is 0 Å². The Hall–Kier alpha value is -0.460. The summed E-state index contributed by atoms with van der Waals surface area (Å²) in [5.74, 6) is 0.797. The molecule has 1 nitrogen and oxygen atoms in total. The predicted molar refractivity (Wildman–Crippen MR) is 46.9 cm³/mol. The molecule has 0 bridgehead atoms. The molecule has 1 aliphatic rings. The zero-order chi connectivity index (χ0) is 7.98. The molecule has 0 N–H and O–H groups in total. The van der Waals surface area contributed by atoms with E-state index >= 15 is 0 Å². The van der Waals surface area contributed by atoms with Crippen molar-refractivity contribution in [2.75, 3.05) is 13.6 Å². The van der Waals surface area contributed by atoms with Gasteiger partial charge in [-0.05, 0) is 18.5 Å². The highest BCUT2D eigenvalue weighted by molar-refractivity contribution is 4.90. The van der Waals surface area contributed by atoms with E-state index in [2.05, 4.69) is 31.1 Å². The van der Waals surface area contributed by atoms with Crippen molar-refractivity contribution in [3.05, 3.63) is 12.3 Å². The summed E-state index contributed by atoms with van der Waals surface area (Å²) in [6.07, 6.45) is 5.73. The summed E-state index contributed by atoms with van der Waals surface area (Å²) < 4.78 is 0. The molecule has 0 aromatic heterocycles.